The van der Waals surface area contributed by atoms with Crippen LogP contribution >= 0.6 is 0 Å². The summed E-state index contributed by atoms with van der Waals surface area (Å²) in [5, 5.41) is 3.74. The van der Waals surface area contributed by atoms with Crippen molar-refractivity contribution < 1.29 is 9.59 Å². The second kappa shape index (κ2) is 8.27. The molecule has 0 spiro atoms. The summed E-state index contributed by atoms with van der Waals surface area (Å²) in [6.07, 6.45) is 0. The third-order valence-electron chi connectivity index (χ3n) is 5.30. The van der Waals surface area contributed by atoms with Crippen molar-refractivity contribution in [3.63, 3.8) is 0 Å². The summed E-state index contributed by atoms with van der Waals surface area (Å²) in [7, 11) is 0. The third kappa shape index (κ3) is 4.33. The SMILES string of the molecule is Cc1ccc2c(C(=O)N3CCN(C(C)C)CC3)cc(NC(=O)C(C)C)cc2n1. The number of benzene rings is 1. The molecule has 0 bridgehead atoms. The van der Waals surface area contributed by atoms with Gasteiger partial charge in [-0.25, -0.2) is 0 Å². The first-order chi connectivity index (χ1) is 13.3. The van der Waals surface area contributed by atoms with Crippen LogP contribution in [0.4, 0.5) is 5.69 Å². The normalized spacial score (nSPS) is 15.5. The number of piperazine rings is 1. The average molecular weight is 383 g/mol. The largest absolute Gasteiger partial charge is 0.336 e. The van der Waals surface area contributed by atoms with Gasteiger partial charge in [0.2, 0.25) is 5.91 Å². The van der Waals surface area contributed by atoms with E-state index in [2.05, 4.69) is 29.0 Å². The van der Waals surface area contributed by atoms with Gasteiger partial charge >= 0.3 is 0 Å². The summed E-state index contributed by atoms with van der Waals surface area (Å²) in [4.78, 5) is 34.3. The number of pyridine rings is 1. The molecule has 0 aliphatic carbocycles. The Morgan fingerprint density at radius 1 is 1.04 bits per heavy atom. The Kier molecular flexibility index (Phi) is 5.98. The van der Waals surface area contributed by atoms with Crippen LogP contribution in [0.5, 0.6) is 0 Å². The minimum atomic E-state index is -0.135. The molecule has 3 rings (SSSR count). The molecule has 0 atom stereocenters. The smallest absolute Gasteiger partial charge is 0.254 e. The Bertz CT molecular complexity index is 883. The zero-order chi connectivity index (χ0) is 20.4. The molecule has 6 nitrogen and oxygen atoms in total. The van der Waals surface area contributed by atoms with Crippen molar-refractivity contribution >= 4 is 28.4 Å². The first-order valence-corrected chi connectivity index (χ1v) is 10.0. The van der Waals surface area contributed by atoms with Gasteiger partial charge in [0.15, 0.2) is 0 Å². The van der Waals surface area contributed by atoms with Crippen LogP contribution in [0.1, 0.15) is 43.7 Å². The van der Waals surface area contributed by atoms with Gasteiger partial charge in [-0.1, -0.05) is 19.9 Å². The molecular formula is C22H30N4O2. The number of anilines is 1. The highest BCUT2D eigenvalue weighted by atomic mass is 16.2. The fourth-order valence-electron chi connectivity index (χ4n) is 3.48. The summed E-state index contributed by atoms with van der Waals surface area (Å²) in [6.45, 7) is 13.1. The first kappa shape index (κ1) is 20.3. The van der Waals surface area contributed by atoms with E-state index in [1.807, 2.05) is 43.9 Å². The van der Waals surface area contributed by atoms with E-state index in [0.29, 0.717) is 30.4 Å². The van der Waals surface area contributed by atoms with Gasteiger partial charge in [0.1, 0.15) is 0 Å². The molecule has 2 aromatic rings. The van der Waals surface area contributed by atoms with Crippen molar-refractivity contribution in [1.29, 1.82) is 0 Å². The number of hydrogen-bond acceptors (Lipinski definition) is 4. The van der Waals surface area contributed by atoms with E-state index in [9.17, 15) is 9.59 Å². The Morgan fingerprint density at radius 3 is 2.32 bits per heavy atom. The van der Waals surface area contributed by atoms with Gasteiger partial charge in [-0.05, 0) is 39.0 Å². The molecule has 1 fully saturated rings. The quantitative estimate of drug-likeness (QED) is 0.881. The van der Waals surface area contributed by atoms with E-state index in [0.717, 1.165) is 29.7 Å². The Hall–Kier alpha value is -2.47. The lowest BCUT2D eigenvalue weighted by Crippen LogP contribution is -2.50. The minimum Gasteiger partial charge on any atom is -0.336 e. The van der Waals surface area contributed by atoms with E-state index in [1.54, 1.807) is 6.07 Å². The van der Waals surface area contributed by atoms with Crippen LogP contribution in [-0.2, 0) is 4.79 Å². The lowest BCUT2D eigenvalue weighted by atomic mass is 10.0. The molecule has 1 aromatic carbocycles. The molecule has 1 N–H and O–H groups in total. The fraction of sp³-hybridized carbons (Fsp3) is 0.500. The van der Waals surface area contributed by atoms with Crippen molar-refractivity contribution in [3.8, 4) is 0 Å². The molecule has 1 aliphatic rings. The molecule has 0 saturated carbocycles. The zero-order valence-electron chi connectivity index (χ0n) is 17.5. The number of hydrogen-bond donors (Lipinski definition) is 1. The summed E-state index contributed by atoms with van der Waals surface area (Å²) in [6, 6.07) is 7.98. The van der Waals surface area contributed by atoms with Crippen molar-refractivity contribution in [2.45, 2.75) is 40.7 Å². The number of fused-ring (bicyclic) bond motifs is 1. The highest BCUT2D eigenvalue weighted by molar-refractivity contribution is 6.08. The fourth-order valence-corrected chi connectivity index (χ4v) is 3.48. The number of aromatic nitrogens is 1. The van der Waals surface area contributed by atoms with E-state index in [-0.39, 0.29) is 17.7 Å². The van der Waals surface area contributed by atoms with Crippen LogP contribution < -0.4 is 5.32 Å². The maximum atomic E-state index is 13.3. The Morgan fingerprint density at radius 2 is 1.71 bits per heavy atom. The molecule has 6 heteroatoms. The summed E-state index contributed by atoms with van der Waals surface area (Å²) in [5.41, 5.74) is 2.82. The van der Waals surface area contributed by atoms with Gasteiger partial charge < -0.3 is 10.2 Å². The van der Waals surface area contributed by atoms with Gasteiger partial charge in [0.05, 0.1) is 11.1 Å². The van der Waals surface area contributed by atoms with E-state index < -0.39 is 0 Å². The number of nitrogens with zero attached hydrogens (tertiary/aromatic N) is 3. The molecule has 0 unspecified atom stereocenters. The second-order valence-electron chi connectivity index (χ2n) is 8.11. The lowest BCUT2D eigenvalue weighted by molar-refractivity contribution is -0.118. The van der Waals surface area contributed by atoms with Crippen molar-refractivity contribution in [3.05, 3.63) is 35.5 Å². The summed E-state index contributed by atoms with van der Waals surface area (Å²) >= 11 is 0. The van der Waals surface area contributed by atoms with Crippen LogP contribution in [0.3, 0.4) is 0 Å². The third-order valence-corrected chi connectivity index (χ3v) is 5.30. The minimum absolute atomic E-state index is 0.000273. The number of aryl methyl sites for hydroxylation is 1. The van der Waals surface area contributed by atoms with Crippen LogP contribution in [0.25, 0.3) is 10.9 Å². The van der Waals surface area contributed by atoms with Gasteiger partial charge in [-0.2, -0.15) is 0 Å². The Balaban J connectivity index is 1.94. The van der Waals surface area contributed by atoms with E-state index >= 15 is 0 Å². The maximum Gasteiger partial charge on any atom is 0.254 e. The lowest BCUT2D eigenvalue weighted by Gasteiger charge is -2.37. The zero-order valence-corrected chi connectivity index (χ0v) is 17.5. The standard InChI is InChI=1S/C22H30N4O2/c1-14(2)21(27)24-17-12-19(18-7-6-16(5)23-20(18)13-17)22(28)26-10-8-25(9-11-26)15(3)4/h6-7,12-15H,8-11H2,1-5H3,(H,24,27). The summed E-state index contributed by atoms with van der Waals surface area (Å²) in [5.74, 6) is -0.208. The number of carbonyl (C=O) groups is 2. The monoisotopic (exact) mass is 382 g/mol. The van der Waals surface area contributed by atoms with Crippen molar-refractivity contribution in [1.82, 2.24) is 14.8 Å². The number of carbonyl (C=O) groups excluding carboxylic acids is 2. The number of amides is 2. The van der Waals surface area contributed by atoms with Crippen molar-refractivity contribution in [2.24, 2.45) is 5.92 Å². The van der Waals surface area contributed by atoms with E-state index in [1.165, 1.54) is 0 Å². The van der Waals surface area contributed by atoms with Crippen LogP contribution in [-0.4, -0.2) is 58.8 Å². The molecule has 2 amide bonds. The molecule has 0 radical (unpaired) electrons. The molecular weight excluding hydrogens is 352 g/mol. The van der Waals surface area contributed by atoms with Crippen LogP contribution in [0.15, 0.2) is 24.3 Å². The topological polar surface area (TPSA) is 65.5 Å². The molecule has 150 valence electrons. The molecule has 2 heterocycles. The average Bonchev–Trinajstić information content (AvgIpc) is 2.66. The number of rotatable bonds is 4. The van der Waals surface area contributed by atoms with Crippen LogP contribution in [0, 0.1) is 12.8 Å². The highest BCUT2D eigenvalue weighted by Crippen LogP contribution is 2.25. The molecule has 1 saturated heterocycles. The van der Waals surface area contributed by atoms with E-state index in [4.69, 9.17) is 0 Å². The second-order valence-corrected chi connectivity index (χ2v) is 8.11. The Labute approximate surface area is 166 Å². The highest BCUT2D eigenvalue weighted by Gasteiger charge is 2.25. The van der Waals surface area contributed by atoms with Gasteiger partial charge in [0, 0.05) is 54.9 Å². The summed E-state index contributed by atoms with van der Waals surface area (Å²) < 4.78 is 0. The number of nitrogens with one attached hydrogen (secondary N) is 1. The predicted molar refractivity (Wildman–Crippen MR) is 113 cm³/mol. The first-order valence-electron chi connectivity index (χ1n) is 10.0. The molecule has 1 aromatic heterocycles. The predicted octanol–water partition coefficient (Wildman–Crippen LogP) is 3.30. The van der Waals surface area contributed by atoms with Gasteiger partial charge in [-0.3, -0.25) is 19.5 Å². The van der Waals surface area contributed by atoms with Crippen LogP contribution in [0.2, 0.25) is 0 Å². The molecule has 1 aliphatic heterocycles. The molecule has 28 heavy (non-hydrogen) atoms. The van der Waals surface area contributed by atoms with Crippen molar-refractivity contribution in [2.75, 3.05) is 31.5 Å². The van der Waals surface area contributed by atoms with Gasteiger partial charge in [-0.15, -0.1) is 0 Å². The maximum absolute atomic E-state index is 13.3. The van der Waals surface area contributed by atoms with Gasteiger partial charge in [0.25, 0.3) is 5.91 Å².